The number of aryl methyl sites for hydroxylation is 1. The Morgan fingerprint density at radius 1 is 1.25 bits per heavy atom. The van der Waals surface area contributed by atoms with E-state index in [1.165, 1.54) is 19.2 Å². The first kappa shape index (κ1) is 14.7. The molecule has 20 heavy (non-hydrogen) atoms. The van der Waals surface area contributed by atoms with Gasteiger partial charge in [0.05, 0.1) is 7.11 Å². The molecule has 0 heterocycles. The van der Waals surface area contributed by atoms with Gasteiger partial charge in [-0.3, -0.25) is 4.79 Å². The highest BCUT2D eigenvalue weighted by Gasteiger charge is 2.10. The van der Waals surface area contributed by atoms with Crippen molar-refractivity contribution in [2.45, 2.75) is 13.3 Å². The van der Waals surface area contributed by atoms with Crippen molar-refractivity contribution < 1.29 is 13.9 Å². The molecule has 0 fully saturated rings. The normalized spacial score (nSPS) is 10.4. The Kier molecular flexibility index (Phi) is 4.55. The molecule has 0 aromatic heterocycles. The van der Waals surface area contributed by atoms with Crippen LogP contribution >= 0.6 is 15.9 Å². The van der Waals surface area contributed by atoms with Gasteiger partial charge in [-0.2, -0.15) is 0 Å². The summed E-state index contributed by atoms with van der Waals surface area (Å²) in [5.41, 5.74) is 2.31. The van der Waals surface area contributed by atoms with Crippen molar-refractivity contribution in [3.8, 4) is 5.75 Å². The lowest BCUT2D eigenvalue weighted by Crippen LogP contribution is -2.04. The summed E-state index contributed by atoms with van der Waals surface area (Å²) in [6, 6.07) is 10.0. The smallest absolute Gasteiger partial charge is 0.167 e. The maximum absolute atomic E-state index is 13.6. The van der Waals surface area contributed by atoms with Crippen LogP contribution in [0.25, 0.3) is 0 Å². The first-order valence-corrected chi connectivity index (χ1v) is 6.92. The third-order valence-electron chi connectivity index (χ3n) is 3.07. The molecular weight excluding hydrogens is 323 g/mol. The first-order valence-electron chi connectivity index (χ1n) is 6.13. The molecule has 0 aliphatic rings. The molecule has 4 heteroatoms. The van der Waals surface area contributed by atoms with Gasteiger partial charge in [0.15, 0.2) is 17.3 Å². The van der Waals surface area contributed by atoms with E-state index in [9.17, 15) is 9.18 Å². The Hall–Kier alpha value is -1.68. The first-order chi connectivity index (χ1) is 9.51. The van der Waals surface area contributed by atoms with Crippen LogP contribution in [0.2, 0.25) is 0 Å². The highest BCUT2D eigenvalue weighted by atomic mass is 79.9. The Morgan fingerprint density at radius 2 is 2.00 bits per heavy atom. The number of ketones is 1. The second-order valence-corrected chi connectivity index (χ2v) is 5.39. The fourth-order valence-corrected chi connectivity index (χ4v) is 2.25. The lowest BCUT2D eigenvalue weighted by molar-refractivity contribution is 0.0993. The maximum atomic E-state index is 13.6. The minimum absolute atomic E-state index is 0.0460. The topological polar surface area (TPSA) is 26.3 Å². The molecule has 0 aliphatic heterocycles. The van der Waals surface area contributed by atoms with Crippen molar-refractivity contribution in [2.75, 3.05) is 7.11 Å². The molecule has 2 aromatic rings. The molecule has 0 saturated carbocycles. The molecule has 0 bridgehead atoms. The lowest BCUT2D eigenvalue weighted by atomic mass is 10.0. The van der Waals surface area contributed by atoms with Crippen molar-refractivity contribution in [1.82, 2.24) is 0 Å². The largest absolute Gasteiger partial charge is 0.494 e. The van der Waals surface area contributed by atoms with Crippen LogP contribution in [0.4, 0.5) is 4.39 Å². The number of methoxy groups -OCH3 is 1. The van der Waals surface area contributed by atoms with Crippen molar-refractivity contribution in [3.63, 3.8) is 0 Å². The van der Waals surface area contributed by atoms with Gasteiger partial charge in [-0.1, -0.05) is 34.1 Å². The van der Waals surface area contributed by atoms with Crippen LogP contribution in [0.1, 0.15) is 21.5 Å². The average Bonchev–Trinajstić information content (AvgIpc) is 2.42. The standard InChI is InChI=1S/C16H14BrFO2/c1-10-3-5-12(9-13(10)17)15(19)8-11-4-6-16(20-2)14(18)7-11/h3-7,9H,8H2,1-2H3. The van der Waals surface area contributed by atoms with E-state index in [0.717, 1.165) is 10.0 Å². The number of hydrogen-bond donors (Lipinski definition) is 0. The molecule has 0 N–H and O–H groups in total. The van der Waals surface area contributed by atoms with Crippen molar-refractivity contribution in [3.05, 3.63) is 63.4 Å². The zero-order chi connectivity index (χ0) is 14.7. The van der Waals surface area contributed by atoms with Crippen LogP contribution in [0, 0.1) is 12.7 Å². The average molecular weight is 337 g/mol. The molecule has 0 unspecified atom stereocenters. The summed E-state index contributed by atoms with van der Waals surface area (Å²) >= 11 is 3.40. The van der Waals surface area contributed by atoms with E-state index in [1.807, 2.05) is 13.0 Å². The Bertz CT molecular complexity index is 653. The number of ether oxygens (including phenoxy) is 1. The summed E-state index contributed by atoms with van der Waals surface area (Å²) in [5, 5.41) is 0. The van der Waals surface area contributed by atoms with Crippen LogP contribution < -0.4 is 4.74 Å². The minimum atomic E-state index is -0.456. The van der Waals surface area contributed by atoms with E-state index in [0.29, 0.717) is 11.1 Å². The summed E-state index contributed by atoms with van der Waals surface area (Å²) < 4.78 is 19.3. The second kappa shape index (κ2) is 6.18. The number of carbonyl (C=O) groups is 1. The molecule has 104 valence electrons. The van der Waals surface area contributed by atoms with E-state index in [2.05, 4.69) is 15.9 Å². The lowest BCUT2D eigenvalue weighted by Gasteiger charge is -2.06. The molecular formula is C16H14BrFO2. The Morgan fingerprint density at radius 3 is 2.60 bits per heavy atom. The molecule has 0 saturated heterocycles. The summed E-state index contributed by atoms with van der Waals surface area (Å²) in [6.45, 7) is 1.96. The minimum Gasteiger partial charge on any atom is -0.494 e. The van der Waals surface area contributed by atoms with Crippen molar-refractivity contribution >= 4 is 21.7 Å². The van der Waals surface area contributed by atoms with Crippen LogP contribution in [0.3, 0.4) is 0 Å². The quantitative estimate of drug-likeness (QED) is 0.776. The fraction of sp³-hybridized carbons (Fsp3) is 0.188. The predicted molar refractivity (Wildman–Crippen MR) is 79.9 cm³/mol. The molecule has 0 atom stereocenters. The number of Topliss-reactive ketones (excluding diaryl/α,β-unsaturated/α-hetero) is 1. The SMILES string of the molecule is COc1ccc(CC(=O)c2ccc(C)c(Br)c2)cc1F. The van der Waals surface area contributed by atoms with Crippen molar-refractivity contribution in [1.29, 1.82) is 0 Å². The molecule has 2 rings (SSSR count). The van der Waals surface area contributed by atoms with Crippen LogP contribution in [-0.2, 0) is 6.42 Å². The number of hydrogen-bond acceptors (Lipinski definition) is 2. The van der Waals surface area contributed by atoms with Crippen LogP contribution in [0.5, 0.6) is 5.75 Å². The van der Waals surface area contributed by atoms with Crippen LogP contribution in [-0.4, -0.2) is 12.9 Å². The van der Waals surface area contributed by atoms with Gasteiger partial charge in [0, 0.05) is 16.5 Å². The Labute approximate surface area is 125 Å². The van der Waals surface area contributed by atoms with E-state index in [1.54, 1.807) is 18.2 Å². The number of rotatable bonds is 4. The number of benzene rings is 2. The zero-order valence-electron chi connectivity index (χ0n) is 11.2. The zero-order valence-corrected chi connectivity index (χ0v) is 12.8. The van der Waals surface area contributed by atoms with Gasteiger partial charge < -0.3 is 4.74 Å². The molecule has 2 nitrogen and oxygen atoms in total. The van der Waals surface area contributed by atoms with Crippen LogP contribution in [0.15, 0.2) is 40.9 Å². The second-order valence-electron chi connectivity index (χ2n) is 4.53. The highest BCUT2D eigenvalue weighted by molar-refractivity contribution is 9.10. The third kappa shape index (κ3) is 3.25. The van der Waals surface area contributed by atoms with Crippen molar-refractivity contribution in [2.24, 2.45) is 0 Å². The summed E-state index contributed by atoms with van der Waals surface area (Å²) in [5.74, 6) is -0.322. The molecule has 0 spiro atoms. The summed E-state index contributed by atoms with van der Waals surface area (Å²) in [4.78, 5) is 12.2. The van der Waals surface area contributed by atoms with Gasteiger partial charge in [0.25, 0.3) is 0 Å². The highest BCUT2D eigenvalue weighted by Crippen LogP contribution is 2.21. The number of carbonyl (C=O) groups excluding carboxylic acids is 1. The molecule has 2 aromatic carbocycles. The van der Waals surface area contributed by atoms with E-state index in [4.69, 9.17) is 4.74 Å². The van der Waals surface area contributed by atoms with Gasteiger partial charge in [-0.15, -0.1) is 0 Å². The number of halogens is 2. The van der Waals surface area contributed by atoms with Gasteiger partial charge in [0.1, 0.15) is 0 Å². The maximum Gasteiger partial charge on any atom is 0.167 e. The third-order valence-corrected chi connectivity index (χ3v) is 3.93. The molecule has 0 radical (unpaired) electrons. The van der Waals surface area contributed by atoms with E-state index < -0.39 is 5.82 Å². The predicted octanol–water partition coefficient (Wildman–Crippen LogP) is 4.33. The van der Waals surface area contributed by atoms with E-state index in [-0.39, 0.29) is 18.0 Å². The van der Waals surface area contributed by atoms with Gasteiger partial charge >= 0.3 is 0 Å². The van der Waals surface area contributed by atoms with E-state index >= 15 is 0 Å². The monoisotopic (exact) mass is 336 g/mol. The molecule has 0 aliphatic carbocycles. The van der Waals surface area contributed by atoms with Gasteiger partial charge in [0.2, 0.25) is 0 Å². The Balaban J connectivity index is 2.19. The van der Waals surface area contributed by atoms with Gasteiger partial charge in [-0.05, 0) is 36.2 Å². The molecule has 0 amide bonds. The van der Waals surface area contributed by atoms with Gasteiger partial charge in [-0.25, -0.2) is 4.39 Å². The fourth-order valence-electron chi connectivity index (χ4n) is 1.87. The summed E-state index contributed by atoms with van der Waals surface area (Å²) in [6.07, 6.45) is 0.163. The summed E-state index contributed by atoms with van der Waals surface area (Å²) in [7, 11) is 1.41.